The molecular formula is C13H15Cl2NO. The summed E-state index contributed by atoms with van der Waals surface area (Å²) in [6.45, 7) is 0. The lowest BCUT2D eigenvalue weighted by Crippen LogP contribution is -2.16. The van der Waals surface area contributed by atoms with Crippen molar-refractivity contribution in [2.24, 2.45) is 5.92 Å². The van der Waals surface area contributed by atoms with E-state index in [4.69, 9.17) is 23.2 Å². The zero-order chi connectivity index (χ0) is 12.3. The summed E-state index contributed by atoms with van der Waals surface area (Å²) < 4.78 is 0. The normalized spacial score (nSPS) is 17.8. The first kappa shape index (κ1) is 12.8. The molecule has 1 heterocycles. The van der Waals surface area contributed by atoms with Gasteiger partial charge in [-0.3, -0.25) is 4.79 Å². The fourth-order valence-corrected chi connectivity index (χ4v) is 2.80. The molecule has 2 rings (SSSR count). The summed E-state index contributed by atoms with van der Waals surface area (Å²) in [6.07, 6.45) is 8.11. The van der Waals surface area contributed by atoms with Gasteiger partial charge in [0.05, 0.1) is 10.0 Å². The fraction of sp³-hybridized carbons (Fsp3) is 0.538. The van der Waals surface area contributed by atoms with E-state index in [-0.39, 0.29) is 11.7 Å². The van der Waals surface area contributed by atoms with Crippen LogP contribution in [0.1, 0.15) is 49.0 Å². The van der Waals surface area contributed by atoms with E-state index in [1.165, 1.54) is 19.0 Å². The number of aromatic nitrogens is 1. The standard InChI is InChI=1S/C13H15Cl2NO/c14-10-7-11(15)12(16-8-10)13(17)9-5-3-1-2-4-6-9/h7-9H,1-6H2. The first-order valence-electron chi connectivity index (χ1n) is 6.04. The maximum atomic E-state index is 12.3. The van der Waals surface area contributed by atoms with Crippen molar-refractivity contribution in [3.63, 3.8) is 0 Å². The van der Waals surface area contributed by atoms with Crippen molar-refractivity contribution >= 4 is 29.0 Å². The molecule has 0 amide bonds. The summed E-state index contributed by atoms with van der Waals surface area (Å²) >= 11 is 11.8. The molecule has 1 aliphatic carbocycles. The minimum atomic E-state index is 0.0774. The number of hydrogen-bond donors (Lipinski definition) is 0. The third-order valence-electron chi connectivity index (χ3n) is 3.27. The van der Waals surface area contributed by atoms with Crippen molar-refractivity contribution in [2.75, 3.05) is 0 Å². The minimum absolute atomic E-state index is 0.0774. The lowest BCUT2D eigenvalue weighted by Gasteiger charge is -2.12. The molecule has 0 bridgehead atoms. The number of carbonyl (C=O) groups excluding carboxylic acids is 1. The Labute approximate surface area is 111 Å². The van der Waals surface area contributed by atoms with Gasteiger partial charge < -0.3 is 0 Å². The molecule has 1 fully saturated rings. The van der Waals surface area contributed by atoms with E-state index in [0.717, 1.165) is 25.7 Å². The van der Waals surface area contributed by atoms with E-state index in [2.05, 4.69) is 4.98 Å². The van der Waals surface area contributed by atoms with Crippen LogP contribution < -0.4 is 0 Å². The summed E-state index contributed by atoms with van der Waals surface area (Å²) in [7, 11) is 0. The predicted molar refractivity (Wildman–Crippen MR) is 69.8 cm³/mol. The van der Waals surface area contributed by atoms with Crippen molar-refractivity contribution < 1.29 is 4.79 Å². The molecule has 0 aromatic carbocycles. The molecule has 1 aliphatic rings. The van der Waals surface area contributed by atoms with Gasteiger partial charge in [-0.25, -0.2) is 4.98 Å². The van der Waals surface area contributed by atoms with Crippen LogP contribution in [0, 0.1) is 5.92 Å². The van der Waals surface area contributed by atoms with E-state index in [9.17, 15) is 4.79 Å². The van der Waals surface area contributed by atoms with Gasteiger partial charge in [-0.2, -0.15) is 0 Å². The van der Waals surface area contributed by atoms with Crippen LogP contribution in [0.5, 0.6) is 0 Å². The van der Waals surface area contributed by atoms with Gasteiger partial charge in [0.15, 0.2) is 5.78 Å². The number of Topliss-reactive ketones (excluding diaryl/α,β-unsaturated/α-hetero) is 1. The third-order valence-corrected chi connectivity index (χ3v) is 3.76. The average molecular weight is 272 g/mol. The van der Waals surface area contributed by atoms with E-state index in [1.807, 2.05) is 0 Å². The van der Waals surface area contributed by atoms with E-state index >= 15 is 0 Å². The van der Waals surface area contributed by atoms with Crippen LogP contribution in [0.25, 0.3) is 0 Å². The lowest BCUT2D eigenvalue weighted by molar-refractivity contribution is 0.0903. The van der Waals surface area contributed by atoms with Gasteiger partial charge >= 0.3 is 0 Å². The first-order valence-corrected chi connectivity index (χ1v) is 6.79. The number of nitrogens with zero attached hydrogens (tertiary/aromatic N) is 1. The monoisotopic (exact) mass is 271 g/mol. The fourth-order valence-electron chi connectivity index (χ4n) is 2.33. The van der Waals surface area contributed by atoms with Crippen molar-refractivity contribution in [3.05, 3.63) is 28.0 Å². The van der Waals surface area contributed by atoms with Gasteiger partial charge in [0.2, 0.25) is 0 Å². The van der Waals surface area contributed by atoms with Crippen molar-refractivity contribution in [3.8, 4) is 0 Å². The smallest absolute Gasteiger partial charge is 0.185 e. The molecule has 1 aromatic rings. The van der Waals surface area contributed by atoms with Gasteiger partial charge in [-0.05, 0) is 18.9 Å². The summed E-state index contributed by atoms with van der Waals surface area (Å²) in [6, 6.07) is 1.58. The second-order valence-corrected chi connectivity index (χ2v) is 5.38. The quantitative estimate of drug-likeness (QED) is 0.584. The van der Waals surface area contributed by atoms with Crippen molar-refractivity contribution in [1.29, 1.82) is 0 Å². The molecule has 0 saturated heterocycles. The Balaban J connectivity index is 2.17. The van der Waals surface area contributed by atoms with Crippen LogP contribution in [0.3, 0.4) is 0 Å². The Morgan fingerprint density at radius 3 is 2.41 bits per heavy atom. The highest BCUT2D eigenvalue weighted by Crippen LogP contribution is 2.28. The van der Waals surface area contributed by atoms with Crippen LogP contribution in [-0.2, 0) is 0 Å². The molecule has 92 valence electrons. The van der Waals surface area contributed by atoms with Gasteiger partial charge in [-0.15, -0.1) is 0 Å². The predicted octanol–water partition coefficient (Wildman–Crippen LogP) is 4.54. The molecule has 2 nitrogen and oxygen atoms in total. The number of ketones is 1. The summed E-state index contributed by atoms with van der Waals surface area (Å²) in [5.74, 6) is 0.164. The molecule has 0 N–H and O–H groups in total. The Hall–Kier alpha value is -0.600. The van der Waals surface area contributed by atoms with Crippen molar-refractivity contribution in [1.82, 2.24) is 4.98 Å². The van der Waals surface area contributed by atoms with Crippen LogP contribution >= 0.6 is 23.2 Å². The highest BCUT2D eigenvalue weighted by Gasteiger charge is 2.24. The van der Waals surface area contributed by atoms with E-state index in [0.29, 0.717) is 15.7 Å². The number of pyridine rings is 1. The Morgan fingerprint density at radius 1 is 1.18 bits per heavy atom. The van der Waals surface area contributed by atoms with E-state index in [1.54, 1.807) is 6.07 Å². The highest BCUT2D eigenvalue weighted by molar-refractivity contribution is 6.36. The Morgan fingerprint density at radius 2 is 1.82 bits per heavy atom. The molecule has 0 aliphatic heterocycles. The Kier molecular flexibility index (Phi) is 4.41. The number of hydrogen-bond acceptors (Lipinski definition) is 2. The summed E-state index contributed by atoms with van der Waals surface area (Å²) in [4.78, 5) is 16.4. The van der Waals surface area contributed by atoms with E-state index < -0.39 is 0 Å². The number of rotatable bonds is 2. The van der Waals surface area contributed by atoms with Gasteiger partial charge in [0.1, 0.15) is 5.69 Å². The second-order valence-electron chi connectivity index (χ2n) is 4.54. The Bertz CT molecular complexity index is 412. The zero-order valence-corrected chi connectivity index (χ0v) is 11.1. The number of carbonyl (C=O) groups is 1. The summed E-state index contributed by atoms with van der Waals surface area (Å²) in [5, 5.41) is 0.833. The maximum absolute atomic E-state index is 12.3. The SMILES string of the molecule is O=C(c1ncc(Cl)cc1Cl)C1CCCCCC1. The topological polar surface area (TPSA) is 30.0 Å². The molecule has 0 radical (unpaired) electrons. The lowest BCUT2D eigenvalue weighted by atomic mass is 9.93. The molecule has 0 unspecified atom stereocenters. The zero-order valence-electron chi connectivity index (χ0n) is 9.59. The van der Waals surface area contributed by atoms with Crippen LogP contribution in [-0.4, -0.2) is 10.8 Å². The molecule has 1 aromatic heterocycles. The molecule has 4 heteroatoms. The van der Waals surface area contributed by atoms with Crippen molar-refractivity contribution in [2.45, 2.75) is 38.5 Å². The van der Waals surface area contributed by atoms with Gasteiger partial charge in [0, 0.05) is 12.1 Å². The van der Waals surface area contributed by atoms with Gasteiger partial charge in [-0.1, -0.05) is 48.9 Å². The highest BCUT2D eigenvalue weighted by atomic mass is 35.5. The first-order chi connectivity index (χ1) is 8.18. The molecular weight excluding hydrogens is 257 g/mol. The van der Waals surface area contributed by atoms with Crippen LogP contribution in [0.2, 0.25) is 10.0 Å². The minimum Gasteiger partial charge on any atom is -0.292 e. The summed E-state index contributed by atoms with van der Waals surface area (Å²) in [5.41, 5.74) is 0.378. The largest absolute Gasteiger partial charge is 0.292 e. The van der Waals surface area contributed by atoms with Crippen LogP contribution in [0.15, 0.2) is 12.3 Å². The average Bonchev–Trinajstić information content (AvgIpc) is 2.56. The van der Waals surface area contributed by atoms with Gasteiger partial charge in [0.25, 0.3) is 0 Å². The third kappa shape index (κ3) is 3.20. The number of halogens is 2. The van der Waals surface area contributed by atoms with Crippen LogP contribution in [0.4, 0.5) is 0 Å². The molecule has 1 saturated carbocycles. The molecule has 0 atom stereocenters. The second kappa shape index (κ2) is 5.83. The molecule has 0 spiro atoms. The maximum Gasteiger partial charge on any atom is 0.185 e. The molecule has 17 heavy (non-hydrogen) atoms.